The number of hydrogen-bond acceptors (Lipinski definition) is 5. The lowest BCUT2D eigenvalue weighted by atomic mass is 10.2. The van der Waals surface area contributed by atoms with Crippen LogP contribution in [0.1, 0.15) is 15.9 Å². The highest BCUT2D eigenvalue weighted by Crippen LogP contribution is 2.15. The molecule has 0 spiro atoms. The molecule has 0 aliphatic heterocycles. The van der Waals surface area contributed by atoms with Gasteiger partial charge in [0.1, 0.15) is 0 Å². The number of hydrogen-bond donors (Lipinski definition) is 2. The summed E-state index contributed by atoms with van der Waals surface area (Å²) in [5.74, 6) is -1.24. The van der Waals surface area contributed by atoms with E-state index in [0.29, 0.717) is 9.98 Å². The van der Waals surface area contributed by atoms with Gasteiger partial charge in [0.05, 0.1) is 0 Å². The molecule has 2 N–H and O–H groups in total. The van der Waals surface area contributed by atoms with Gasteiger partial charge in [-0.3, -0.25) is 14.0 Å². The summed E-state index contributed by atoms with van der Waals surface area (Å²) in [5, 5.41) is 14.6. The number of aromatic nitrogens is 2. The minimum Gasteiger partial charge on any atom is -0.492 e. The smallest absolute Gasteiger partial charge is 0.275 e. The molecule has 8 heteroatoms. The first-order valence-electron chi connectivity index (χ1n) is 6.28. The van der Waals surface area contributed by atoms with E-state index in [1.165, 1.54) is 21.9 Å². The topological polar surface area (TPSA) is 83.7 Å². The van der Waals surface area contributed by atoms with Gasteiger partial charge in [0.25, 0.3) is 11.5 Å². The molecule has 2 aromatic heterocycles. The zero-order valence-corrected chi connectivity index (χ0v) is 12.7. The van der Waals surface area contributed by atoms with E-state index in [2.05, 4.69) is 10.3 Å². The molecule has 2 heterocycles. The third-order valence-electron chi connectivity index (χ3n) is 3.04. The van der Waals surface area contributed by atoms with Crippen LogP contribution >= 0.6 is 22.9 Å². The van der Waals surface area contributed by atoms with Crippen molar-refractivity contribution >= 4 is 33.8 Å². The summed E-state index contributed by atoms with van der Waals surface area (Å²) < 4.78 is 1.22. The number of aromatic hydroxyl groups is 1. The van der Waals surface area contributed by atoms with Gasteiger partial charge in [-0.2, -0.15) is 4.98 Å². The van der Waals surface area contributed by atoms with Crippen LogP contribution in [0.2, 0.25) is 5.02 Å². The van der Waals surface area contributed by atoms with Crippen LogP contribution in [-0.2, 0) is 6.54 Å². The van der Waals surface area contributed by atoms with Crippen molar-refractivity contribution in [2.24, 2.45) is 0 Å². The van der Waals surface area contributed by atoms with Crippen LogP contribution in [0.25, 0.3) is 4.96 Å². The Hall–Kier alpha value is -2.38. The number of fused-ring (bicyclic) bond motifs is 1. The number of thiazole rings is 1. The Morgan fingerprint density at radius 1 is 1.36 bits per heavy atom. The highest BCUT2D eigenvalue weighted by molar-refractivity contribution is 7.15. The number of benzene rings is 1. The minimum absolute atomic E-state index is 0.210. The van der Waals surface area contributed by atoms with Crippen molar-refractivity contribution in [3.8, 4) is 5.88 Å². The predicted octanol–water partition coefficient (Wildman–Crippen LogP) is 2.04. The molecule has 6 nitrogen and oxygen atoms in total. The summed E-state index contributed by atoms with van der Waals surface area (Å²) in [4.78, 5) is 28.5. The molecule has 1 aromatic carbocycles. The second-order valence-electron chi connectivity index (χ2n) is 4.48. The molecule has 3 rings (SSSR count). The van der Waals surface area contributed by atoms with Crippen molar-refractivity contribution in [2.45, 2.75) is 6.54 Å². The molecule has 0 aliphatic carbocycles. The molecule has 0 unspecified atom stereocenters. The highest BCUT2D eigenvalue weighted by Gasteiger charge is 2.19. The van der Waals surface area contributed by atoms with Gasteiger partial charge in [-0.1, -0.05) is 23.7 Å². The zero-order chi connectivity index (χ0) is 15.7. The molecule has 0 saturated carbocycles. The van der Waals surface area contributed by atoms with Gasteiger partial charge >= 0.3 is 0 Å². The van der Waals surface area contributed by atoms with Crippen LogP contribution in [0.4, 0.5) is 0 Å². The fourth-order valence-electron chi connectivity index (χ4n) is 1.94. The molecular weight excluding hydrogens is 326 g/mol. The largest absolute Gasteiger partial charge is 0.492 e. The zero-order valence-electron chi connectivity index (χ0n) is 11.1. The second kappa shape index (κ2) is 5.78. The summed E-state index contributed by atoms with van der Waals surface area (Å²) in [6, 6.07) is 6.92. The third kappa shape index (κ3) is 2.68. The van der Waals surface area contributed by atoms with Crippen LogP contribution in [0, 0.1) is 0 Å². The molecule has 0 atom stereocenters. The lowest BCUT2D eigenvalue weighted by molar-refractivity contribution is 0.0945. The SMILES string of the molecule is O=C(NCc1ccc(Cl)cc1)c1c(O)nc2sccn2c1=O. The normalized spacial score (nSPS) is 10.8. The number of rotatable bonds is 3. The molecule has 22 heavy (non-hydrogen) atoms. The quantitative estimate of drug-likeness (QED) is 0.767. The number of nitrogens with one attached hydrogen (secondary N) is 1. The predicted molar refractivity (Wildman–Crippen MR) is 83.6 cm³/mol. The summed E-state index contributed by atoms with van der Waals surface area (Å²) in [7, 11) is 0. The molecule has 0 saturated heterocycles. The first-order chi connectivity index (χ1) is 10.6. The molecule has 1 amide bonds. The number of halogens is 1. The first-order valence-corrected chi connectivity index (χ1v) is 7.53. The lowest BCUT2D eigenvalue weighted by Crippen LogP contribution is -2.31. The Balaban J connectivity index is 1.86. The van der Waals surface area contributed by atoms with Crippen molar-refractivity contribution in [1.29, 1.82) is 0 Å². The van der Waals surface area contributed by atoms with E-state index >= 15 is 0 Å². The van der Waals surface area contributed by atoms with Crippen molar-refractivity contribution < 1.29 is 9.90 Å². The summed E-state index contributed by atoms with van der Waals surface area (Å²) in [5.41, 5.74) is -0.149. The lowest BCUT2D eigenvalue weighted by Gasteiger charge is -2.06. The Morgan fingerprint density at radius 2 is 2.09 bits per heavy atom. The van der Waals surface area contributed by atoms with Gasteiger partial charge in [-0.05, 0) is 17.7 Å². The molecule has 112 valence electrons. The van der Waals surface area contributed by atoms with Gasteiger partial charge in [0.2, 0.25) is 5.88 Å². The van der Waals surface area contributed by atoms with E-state index in [1.54, 1.807) is 29.6 Å². The Morgan fingerprint density at radius 3 is 2.82 bits per heavy atom. The van der Waals surface area contributed by atoms with Gasteiger partial charge in [0.15, 0.2) is 10.5 Å². The van der Waals surface area contributed by atoms with Crippen LogP contribution in [0.5, 0.6) is 5.88 Å². The maximum atomic E-state index is 12.2. The fraction of sp³-hybridized carbons (Fsp3) is 0.0714. The Kier molecular flexibility index (Phi) is 3.82. The van der Waals surface area contributed by atoms with E-state index in [4.69, 9.17) is 11.6 Å². The first kappa shape index (κ1) is 14.6. The van der Waals surface area contributed by atoms with Crippen molar-refractivity contribution in [1.82, 2.24) is 14.7 Å². The molecule has 0 aliphatic rings. The van der Waals surface area contributed by atoms with Crippen LogP contribution in [0.15, 0.2) is 40.6 Å². The number of nitrogens with zero attached hydrogens (tertiary/aromatic N) is 2. The van der Waals surface area contributed by atoms with Gasteiger partial charge in [-0.25, -0.2) is 0 Å². The minimum atomic E-state index is -0.675. The van der Waals surface area contributed by atoms with E-state index in [9.17, 15) is 14.7 Å². The number of carbonyl (C=O) groups is 1. The maximum Gasteiger partial charge on any atom is 0.275 e. The van der Waals surface area contributed by atoms with Gasteiger partial charge < -0.3 is 10.4 Å². The van der Waals surface area contributed by atoms with Crippen LogP contribution in [-0.4, -0.2) is 20.4 Å². The molecular formula is C14H10ClN3O3S. The van der Waals surface area contributed by atoms with Crippen LogP contribution < -0.4 is 10.9 Å². The highest BCUT2D eigenvalue weighted by atomic mass is 35.5. The average Bonchev–Trinajstić information content (AvgIpc) is 2.95. The Bertz CT molecular complexity index is 902. The van der Waals surface area contributed by atoms with E-state index in [1.807, 2.05) is 0 Å². The van der Waals surface area contributed by atoms with E-state index < -0.39 is 17.3 Å². The summed E-state index contributed by atoms with van der Waals surface area (Å²) >= 11 is 6.98. The molecule has 0 radical (unpaired) electrons. The maximum absolute atomic E-state index is 12.2. The van der Waals surface area contributed by atoms with E-state index in [0.717, 1.165) is 5.56 Å². The van der Waals surface area contributed by atoms with Gasteiger partial charge in [0, 0.05) is 23.1 Å². The average molecular weight is 336 g/mol. The van der Waals surface area contributed by atoms with Crippen molar-refractivity contribution in [3.05, 3.63) is 62.3 Å². The van der Waals surface area contributed by atoms with Crippen molar-refractivity contribution in [3.63, 3.8) is 0 Å². The van der Waals surface area contributed by atoms with Crippen LogP contribution in [0.3, 0.4) is 0 Å². The number of amides is 1. The second-order valence-corrected chi connectivity index (χ2v) is 5.79. The van der Waals surface area contributed by atoms with Crippen molar-refractivity contribution in [2.75, 3.05) is 0 Å². The molecule has 0 bridgehead atoms. The standard InChI is InChI=1S/C14H10ClN3O3S/c15-9-3-1-8(2-4-9)7-16-11(19)10-12(20)17-14-18(13(10)21)5-6-22-14/h1-6,20H,7H2,(H,16,19). The molecule has 0 fully saturated rings. The third-order valence-corrected chi connectivity index (χ3v) is 4.05. The summed E-state index contributed by atoms with van der Waals surface area (Å²) in [6.07, 6.45) is 1.50. The van der Waals surface area contributed by atoms with E-state index in [-0.39, 0.29) is 12.1 Å². The van der Waals surface area contributed by atoms with Gasteiger partial charge in [-0.15, -0.1) is 11.3 Å². The molecule has 3 aromatic rings. The number of carbonyl (C=O) groups excluding carboxylic acids is 1. The monoisotopic (exact) mass is 335 g/mol. The Labute approximate surface area is 133 Å². The fourth-order valence-corrected chi connectivity index (χ4v) is 2.77. The summed E-state index contributed by atoms with van der Waals surface area (Å²) in [6.45, 7) is 0.210.